The molecule has 0 saturated carbocycles. The molecule has 7 rings (SSSR count). The third kappa shape index (κ3) is 3.75. The van der Waals surface area contributed by atoms with Crippen LogP contribution in [0.2, 0.25) is 0 Å². The van der Waals surface area contributed by atoms with Gasteiger partial charge in [0.25, 0.3) is 0 Å². The average Bonchev–Trinajstić information content (AvgIpc) is 3.33. The molecular formula is C36H26N2. The molecular weight excluding hydrogens is 460 g/mol. The molecule has 2 nitrogen and oxygen atoms in total. The molecule has 0 amide bonds. The van der Waals surface area contributed by atoms with E-state index in [1.807, 2.05) is 0 Å². The van der Waals surface area contributed by atoms with Crippen molar-refractivity contribution in [2.45, 2.75) is 0 Å². The molecule has 0 aliphatic heterocycles. The SMILES string of the molecule is c1ccc(N(c2ccccc2)c2cccc(-c3ccccc3-n3c4ccccc4c4ccccc43)c2)cc1. The number of aromatic nitrogens is 1. The van der Waals surface area contributed by atoms with Crippen LogP contribution in [0.5, 0.6) is 0 Å². The second kappa shape index (κ2) is 9.42. The number of benzene rings is 6. The molecule has 0 N–H and O–H groups in total. The summed E-state index contributed by atoms with van der Waals surface area (Å²) in [5, 5.41) is 2.54. The number of hydrogen-bond acceptors (Lipinski definition) is 1. The van der Waals surface area contributed by atoms with E-state index >= 15 is 0 Å². The van der Waals surface area contributed by atoms with E-state index < -0.39 is 0 Å². The zero-order valence-corrected chi connectivity index (χ0v) is 20.9. The minimum absolute atomic E-state index is 1.12. The fraction of sp³-hybridized carbons (Fsp3) is 0. The number of anilines is 3. The predicted molar refractivity (Wildman–Crippen MR) is 161 cm³/mol. The van der Waals surface area contributed by atoms with Gasteiger partial charge in [-0.2, -0.15) is 0 Å². The lowest BCUT2D eigenvalue weighted by atomic mass is 10.0. The van der Waals surface area contributed by atoms with Crippen LogP contribution in [-0.4, -0.2) is 4.57 Å². The van der Waals surface area contributed by atoms with Crippen LogP contribution in [0.1, 0.15) is 0 Å². The van der Waals surface area contributed by atoms with E-state index in [4.69, 9.17) is 0 Å². The average molecular weight is 487 g/mol. The lowest BCUT2D eigenvalue weighted by Crippen LogP contribution is -2.09. The van der Waals surface area contributed by atoms with Crippen LogP contribution in [0.3, 0.4) is 0 Å². The Bertz CT molecular complexity index is 1770. The Labute approximate surface area is 222 Å². The molecule has 1 heterocycles. The number of hydrogen-bond donors (Lipinski definition) is 0. The normalized spacial score (nSPS) is 11.2. The first-order valence-corrected chi connectivity index (χ1v) is 13.0. The van der Waals surface area contributed by atoms with Gasteiger partial charge in [0.2, 0.25) is 0 Å². The van der Waals surface area contributed by atoms with Crippen LogP contribution >= 0.6 is 0 Å². The van der Waals surface area contributed by atoms with Gasteiger partial charge in [-0.25, -0.2) is 0 Å². The number of nitrogens with zero attached hydrogens (tertiary/aromatic N) is 2. The number of fused-ring (bicyclic) bond motifs is 3. The molecule has 6 aromatic carbocycles. The summed E-state index contributed by atoms with van der Waals surface area (Å²) in [4.78, 5) is 2.31. The van der Waals surface area contributed by atoms with Crippen molar-refractivity contribution in [3.8, 4) is 16.8 Å². The molecule has 0 unspecified atom stereocenters. The monoisotopic (exact) mass is 486 g/mol. The van der Waals surface area contributed by atoms with Crippen molar-refractivity contribution >= 4 is 38.9 Å². The Hall–Kier alpha value is -5.08. The zero-order valence-electron chi connectivity index (χ0n) is 20.9. The standard InChI is InChI=1S/C36H26N2/c1-3-15-28(16-4-1)37(29-17-5-2-6-18-29)30-19-13-14-27(26-30)31-20-7-10-23-34(31)38-35-24-11-8-21-32(35)33-22-9-12-25-36(33)38/h1-26H. The Kier molecular flexibility index (Phi) is 5.49. The summed E-state index contributed by atoms with van der Waals surface area (Å²) in [7, 11) is 0. The lowest BCUT2D eigenvalue weighted by Gasteiger charge is -2.26. The molecule has 0 spiro atoms. The van der Waals surface area contributed by atoms with Crippen molar-refractivity contribution < 1.29 is 0 Å². The molecule has 0 radical (unpaired) electrons. The molecule has 0 saturated heterocycles. The van der Waals surface area contributed by atoms with E-state index in [1.54, 1.807) is 0 Å². The zero-order chi connectivity index (χ0) is 25.3. The highest BCUT2D eigenvalue weighted by Gasteiger charge is 2.17. The maximum Gasteiger partial charge on any atom is 0.0541 e. The molecule has 180 valence electrons. The second-order valence-electron chi connectivity index (χ2n) is 9.44. The minimum Gasteiger partial charge on any atom is -0.310 e. The highest BCUT2D eigenvalue weighted by atomic mass is 15.1. The summed E-state index contributed by atoms with van der Waals surface area (Å²) in [6.07, 6.45) is 0. The first-order valence-electron chi connectivity index (χ1n) is 13.0. The van der Waals surface area contributed by atoms with Gasteiger partial charge in [0, 0.05) is 33.4 Å². The summed E-state index contributed by atoms with van der Waals surface area (Å²) >= 11 is 0. The van der Waals surface area contributed by atoms with E-state index in [-0.39, 0.29) is 0 Å². The first kappa shape index (κ1) is 22.1. The first-order chi connectivity index (χ1) is 18.9. The molecule has 0 aliphatic rings. The molecule has 0 bridgehead atoms. The van der Waals surface area contributed by atoms with Crippen LogP contribution in [0.15, 0.2) is 158 Å². The molecule has 7 aromatic rings. The molecule has 0 aliphatic carbocycles. The van der Waals surface area contributed by atoms with Gasteiger partial charge in [0.15, 0.2) is 0 Å². The minimum atomic E-state index is 1.12. The van der Waals surface area contributed by atoms with E-state index in [9.17, 15) is 0 Å². The lowest BCUT2D eigenvalue weighted by molar-refractivity contribution is 1.18. The topological polar surface area (TPSA) is 8.17 Å². The summed E-state index contributed by atoms with van der Waals surface area (Å²) in [5.74, 6) is 0. The van der Waals surface area contributed by atoms with Crippen molar-refractivity contribution in [3.63, 3.8) is 0 Å². The van der Waals surface area contributed by atoms with Gasteiger partial charge in [0.1, 0.15) is 0 Å². The van der Waals surface area contributed by atoms with Gasteiger partial charge in [0.05, 0.1) is 16.7 Å². The second-order valence-corrected chi connectivity index (χ2v) is 9.44. The summed E-state index contributed by atoms with van der Waals surface area (Å²) < 4.78 is 2.40. The van der Waals surface area contributed by atoms with Crippen molar-refractivity contribution in [3.05, 3.63) is 158 Å². The van der Waals surface area contributed by atoms with E-state index in [2.05, 4.69) is 167 Å². The van der Waals surface area contributed by atoms with Crippen LogP contribution in [-0.2, 0) is 0 Å². The highest BCUT2D eigenvalue weighted by molar-refractivity contribution is 6.09. The Morgan fingerprint density at radius 2 is 0.895 bits per heavy atom. The van der Waals surface area contributed by atoms with E-state index in [0.717, 1.165) is 17.1 Å². The predicted octanol–water partition coefficient (Wildman–Crippen LogP) is 9.92. The van der Waals surface area contributed by atoms with Gasteiger partial charge in [-0.05, 0) is 60.2 Å². The van der Waals surface area contributed by atoms with Gasteiger partial charge in [-0.3, -0.25) is 0 Å². The largest absolute Gasteiger partial charge is 0.310 e. The molecule has 38 heavy (non-hydrogen) atoms. The molecule has 0 atom stereocenters. The Balaban J connectivity index is 1.43. The van der Waals surface area contributed by atoms with Gasteiger partial charge < -0.3 is 9.47 Å². The molecule has 1 aromatic heterocycles. The molecule has 2 heteroatoms. The van der Waals surface area contributed by atoms with Crippen LogP contribution in [0.25, 0.3) is 38.6 Å². The van der Waals surface area contributed by atoms with Gasteiger partial charge in [-0.1, -0.05) is 103 Å². The fourth-order valence-electron chi connectivity index (χ4n) is 5.51. The van der Waals surface area contributed by atoms with Crippen molar-refractivity contribution in [2.75, 3.05) is 4.90 Å². The maximum atomic E-state index is 2.40. The van der Waals surface area contributed by atoms with Crippen LogP contribution in [0.4, 0.5) is 17.1 Å². The van der Waals surface area contributed by atoms with Crippen LogP contribution in [0, 0.1) is 0 Å². The third-order valence-corrected chi connectivity index (χ3v) is 7.17. The number of rotatable bonds is 5. The van der Waals surface area contributed by atoms with Gasteiger partial charge in [-0.15, -0.1) is 0 Å². The smallest absolute Gasteiger partial charge is 0.0541 e. The van der Waals surface area contributed by atoms with Gasteiger partial charge >= 0.3 is 0 Å². The maximum absolute atomic E-state index is 2.40. The van der Waals surface area contributed by atoms with Crippen LogP contribution < -0.4 is 4.90 Å². The third-order valence-electron chi connectivity index (χ3n) is 7.17. The summed E-state index contributed by atoms with van der Waals surface area (Å²) in [5.41, 5.74) is 9.36. The van der Waals surface area contributed by atoms with Crippen molar-refractivity contribution in [2.24, 2.45) is 0 Å². The van der Waals surface area contributed by atoms with Crippen molar-refractivity contribution in [1.82, 2.24) is 4.57 Å². The number of para-hydroxylation sites is 5. The quantitative estimate of drug-likeness (QED) is 0.235. The summed E-state index contributed by atoms with van der Waals surface area (Å²) in [6, 6.07) is 56.1. The van der Waals surface area contributed by atoms with E-state index in [1.165, 1.54) is 38.6 Å². The van der Waals surface area contributed by atoms with E-state index in [0.29, 0.717) is 0 Å². The highest BCUT2D eigenvalue weighted by Crippen LogP contribution is 2.39. The Morgan fingerprint density at radius 1 is 0.395 bits per heavy atom. The fourth-order valence-corrected chi connectivity index (χ4v) is 5.51. The summed E-state index contributed by atoms with van der Waals surface area (Å²) in [6.45, 7) is 0. The molecule has 0 fully saturated rings. The Morgan fingerprint density at radius 3 is 1.53 bits per heavy atom. The van der Waals surface area contributed by atoms with Crippen molar-refractivity contribution in [1.29, 1.82) is 0 Å².